The van der Waals surface area contributed by atoms with Gasteiger partial charge in [-0.25, -0.2) is 9.97 Å². The molecule has 1 heterocycles. The Balaban J connectivity index is 2.63. The Hall–Kier alpha value is -1.65. The van der Waals surface area contributed by atoms with Crippen molar-refractivity contribution >= 4 is 11.8 Å². The van der Waals surface area contributed by atoms with Crippen LogP contribution < -0.4 is 5.32 Å². The zero-order valence-corrected chi connectivity index (χ0v) is 10.5. The molecular formula is C12H19N3O2. The third kappa shape index (κ3) is 4.01. The Bertz CT molecular complexity index is 391. The average molecular weight is 237 g/mol. The summed E-state index contributed by atoms with van der Waals surface area (Å²) in [5, 5.41) is 12.0. The summed E-state index contributed by atoms with van der Waals surface area (Å²) in [6.45, 7) is 5.78. The summed E-state index contributed by atoms with van der Waals surface area (Å²) in [5.74, 6) is -0.148. The van der Waals surface area contributed by atoms with E-state index in [1.807, 2.05) is 6.07 Å². The smallest absolute Gasteiger partial charge is 0.310 e. The standard InChI is InChI=1S/C12H19N3O2/c1-4-5-9-6-10(15-8-14-9)13-7-12(2,3)11(16)17/h6,8H,4-5,7H2,1-3H3,(H,16,17)(H,13,14,15). The van der Waals surface area contributed by atoms with E-state index >= 15 is 0 Å². The molecule has 94 valence electrons. The molecule has 0 amide bonds. The average Bonchev–Trinajstić information content (AvgIpc) is 2.27. The van der Waals surface area contributed by atoms with Crippen molar-refractivity contribution in [2.45, 2.75) is 33.6 Å². The minimum atomic E-state index is -0.826. The van der Waals surface area contributed by atoms with Gasteiger partial charge < -0.3 is 10.4 Å². The van der Waals surface area contributed by atoms with Gasteiger partial charge in [-0.1, -0.05) is 13.3 Å². The lowest BCUT2D eigenvalue weighted by Gasteiger charge is -2.19. The van der Waals surface area contributed by atoms with E-state index in [0.717, 1.165) is 18.5 Å². The largest absolute Gasteiger partial charge is 0.481 e. The number of aromatic nitrogens is 2. The van der Waals surface area contributed by atoms with Crippen LogP contribution in [0.4, 0.5) is 5.82 Å². The Morgan fingerprint density at radius 1 is 1.47 bits per heavy atom. The number of nitrogens with one attached hydrogen (secondary N) is 1. The van der Waals surface area contributed by atoms with Crippen LogP contribution in [-0.4, -0.2) is 27.6 Å². The van der Waals surface area contributed by atoms with E-state index in [2.05, 4.69) is 22.2 Å². The molecule has 0 saturated carbocycles. The molecule has 0 aliphatic rings. The van der Waals surface area contributed by atoms with Crippen LogP contribution in [0.3, 0.4) is 0 Å². The van der Waals surface area contributed by atoms with E-state index in [4.69, 9.17) is 5.11 Å². The molecule has 0 fully saturated rings. The van der Waals surface area contributed by atoms with E-state index in [1.165, 1.54) is 6.33 Å². The number of carboxylic acid groups (broad SMARTS) is 1. The summed E-state index contributed by atoms with van der Waals surface area (Å²) in [7, 11) is 0. The molecule has 0 atom stereocenters. The third-order valence-electron chi connectivity index (χ3n) is 2.52. The number of aryl methyl sites for hydroxylation is 1. The fourth-order valence-corrected chi connectivity index (χ4v) is 1.27. The van der Waals surface area contributed by atoms with E-state index in [-0.39, 0.29) is 0 Å². The summed E-state index contributed by atoms with van der Waals surface area (Å²) in [6.07, 6.45) is 3.43. The van der Waals surface area contributed by atoms with E-state index in [9.17, 15) is 4.79 Å². The molecule has 0 aliphatic heterocycles. The normalized spacial score (nSPS) is 11.2. The summed E-state index contributed by atoms with van der Waals surface area (Å²) >= 11 is 0. The number of carbonyl (C=O) groups is 1. The van der Waals surface area contributed by atoms with Crippen molar-refractivity contribution in [1.29, 1.82) is 0 Å². The lowest BCUT2D eigenvalue weighted by Crippen LogP contribution is -2.32. The second-order valence-electron chi connectivity index (χ2n) is 4.69. The van der Waals surface area contributed by atoms with Crippen LogP contribution in [0.1, 0.15) is 32.9 Å². The molecule has 1 aromatic rings. The molecule has 1 rings (SSSR count). The number of carboxylic acids is 1. The van der Waals surface area contributed by atoms with Crippen molar-refractivity contribution in [2.24, 2.45) is 5.41 Å². The Kier molecular flexibility index (Phi) is 4.43. The molecule has 1 aromatic heterocycles. The van der Waals surface area contributed by atoms with Crippen LogP contribution in [-0.2, 0) is 11.2 Å². The monoisotopic (exact) mass is 237 g/mol. The van der Waals surface area contributed by atoms with Gasteiger partial charge in [0.05, 0.1) is 5.41 Å². The van der Waals surface area contributed by atoms with Crippen LogP contribution in [0.5, 0.6) is 0 Å². The topological polar surface area (TPSA) is 75.1 Å². The maximum absolute atomic E-state index is 10.9. The van der Waals surface area contributed by atoms with Gasteiger partial charge in [-0.3, -0.25) is 4.79 Å². The summed E-state index contributed by atoms with van der Waals surface area (Å²) in [5.41, 5.74) is 0.161. The molecule has 0 radical (unpaired) electrons. The summed E-state index contributed by atoms with van der Waals surface area (Å²) < 4.78 is 0. The van der Waals surface area contributed by atoms with Gasteiger partial charge in [-0.15, -0.1) is 0 Å². The van der Waals surface area contributed by atoms with Gasteiger partial charge in [0.2, 0.25) is 0 Å². The number of hydrogen-bond donors (Lipinski definition) is 2. The van der Waals surface area contributed by atoms with Crippen molar-refractivity contribution in [3.63, 3.8) is 0 Å². The number of aliphatic carboxylic acids is 1. The van der Waals surface area contributed by atoms with Crippen molar-refractivity contribution in [2.75, 3.05) is 11.9 Å². The quantitative estimate of drug-likeness (QED) is 0.791. The fraction of sp³-hybridized carbons (Fsp3) is 0.583. The first kappa shape index (κ1) is 13.4. The molecule has 0 aliphatic carbocycles. The van der Waals surface area contributed by atoms with Crippen molar-refractivity contribution in [3.8, 4) is 0 Å². The molecule has 0 aromatic carbocycles. The van der Waals surface area contributed by atoms with Gasteiger partial charge in [-0.05, 0) is 20.3 Å². The molecule has 0 spiro atoms. The van der Waals surface area contributed by atoms with E-state index in [1.54, 1.807) is 13.8 Å². The molecule has 0 unspecified atom stereocenters. The lowest BCUT2D eigenvalue weighted by molar-refractivity contribution is -0.146. The van der Waals surface area contributed by atoms with Gasteiger partial charge >= 0.3 is 5.97 Å². The third-order valence-corrected chi connectivity index (χ3v) is 2.52. The van der Waals surface area contributed by atoms with Crippen LogP contribution in [0, 0.1) is 5.41 Å². The highest BCUT2D eigenvalue weighted by molar-refractivity contribution is 5.74. The maximum atomic E-state index is 10.9. The number of rotatable bonds is 6. The molecule has 2 N–H and O–H groups in total. The minimum Gasteiger partial charge on any atom is -0.481 e. The maximum Gasteiger partial charge on any atom is 0.310 e. The SMILES string of the molecule is CCCc1cc(NCC(C)(C)C(=O)O)ncn1. The van der Waals surface area contributed by atoms with Gasteiger partial charge in [0.1, 0.15) is 12.1 Å². The molecule has 0 saturated heterocycles. The van der Waals surface area contributed by atoms with Crippen LogP contribution in [0.2, 0.25) is 0 Å². The Morgan fingerprint density at radius 3 is 2.76 bits per heavy atom. The lowest BCUT2D eigenvalue weighted by atomic mass is 9.94. The van der Waals surface area contributed by atoms with Crippen molar-refractivity contribution < 1.29 is 9.90 Å². The van der Waals surface area contributed by atoms with Crippen LogP contribution in [0.15, 0.2) is 12.4 Å². The Morgan fingerprint density at radius 2 is 2.18 bits per heavy atom. The predicted octanol–water partition coefficient (Wildman–Crippen LogP) is 1.95. The predicted molar refractivity (Wildman–Crippen MR) is 65.9 cm³/mol. The molecule has 5 heteroatoms. The first-order valence-electron chi connectivity index (χ1n) is 5.74. The van der Waals surface area contributed by atoms with Gasteiger partial charge in [-0.2, -0.15) is 0 Å². The van der Waals surface area contributed by atoms with Gasteiger partial charge in [0.15, 0.2) is 0 Å². The Labute approximate surface area is 101 Å². The summed E-state index contributed by atoms with van der Waals surface area (Å²) in [4.78, 5) is 19.1. The van der Waals surface area contributed by atoms with Gasteiger partial charge in [0.25, 0.3) is 0 Å². The van der Waals surface area contributed by atoms with Crippen molar-refractivity contribution in [1.82, 2.24) is 9.97 Å². The fourth-order valence-electron chi connectivity index (χ4n) is 1.27. The van der Waals surface area contributed by atoms with E-state index < -0.39 is 11.4 Å². The van der Waals surface area contributed by atoms with Gasteiger partial charge in [0, 0.05) is 18.3 Å². The first-order valence-corrected chi connectivity index (χ1v) is 5.74. The second-order valence-corrected chi connectivity index (χ2v) is 4.69. The second kappa shape index (κ2) is 5.61. The number of nitrogens with zero attached hydrogens (tertiary/aromatic N) is 2. The van der Waals surface area contributed by atoms with E-state index in [0.29, 0.717) is 12.4 Å². The minimum absolute atomic E-state index is 0.338. The zero-order valence-electron chi connectivity index (χ0n) is 10.5. The molecule has 0 bridgehead atoms. The number of hydrogen-bond acceptors (Lipinski definition) is 4. The highest BCUT2D eigenvalue weighted by Gasteiger charge is 2.26. The highest BCUT2D eigenvalue weighted by Crippen LogP contribution is 2.16. The number of anilines is 1. The zero-order chi connectivity index (χ0) is 12.9. The first-order chi connectivity index (χ1) is 7.95. The van der Waals surface area contributed by atoms with Crippen molar-refractivity contribution in [3.05, 3.63) is 18.1 Å². The van der Waals surface area contributed by atoms with Crippen LogP contribution >= 0.6 is 0 Å². The summed E-state index contributed by atoms with van der Waals surface area (Å²) in [6, 6.07) is 1.86. The van der Waals surface area contributed by atoms with Crippen LogP contribution in [0.25, 0.3) is 0 Å². The highest BCUT2D eigenvalue weighted by atomic mass is 16.4. The molecule has 17 heavy (non-hydrogen) atoms. The molecule has 5 nitrogen and oxygen atoms in total. The molecular weight excluding hydrogens is 218 g/mol.